The number of aryl methyl sites for hydroxylation is 1. The van der Waals surface area contributed by atoms with Crippen molar-refractivity contribution in [2.45, 2.75) is 57.9 Å². The van der Waals surface area contributed by atoms with Crippen LogP contribution in [0, 0.1) is 6.92 Å². The molecule has 0 spiro atoms. The molecule has 0 unspecified atom stereocenters. The van der Waals surface area contributed by atoms with Gasteiger partial charge in [0.1, 0.15) is 0 Å². The number of benzene rings is 1. The summed E-state index contributed by atoms with van der Waals surface area (Å²) in [6, 6.07) is 6.46. The molecule has 5 heteroatoms. The minimum absolute atomic E-state index is 0.0264. The fourth-order valence-electron chi connectivity index (χ4n) is 1.97. The van der Waals surface area contributed by atoms with Gasteiger partial charge < -0.3 is 10.6 Å². The van der Waals surface area contributed by atoms with Crippen LogP contribution in [0.3, 0.4) is 0 Å². The average Bonchev–Trinajstić information content (AvgIpc) is 2.42. The summed E-state index contributed by atoms with van der Waals surface area (Å²) in [5, 5.41) is 5.40. The maximum Gasteiger partial charge on any atom is 0.239 e. The zero-order valence-corrected chi connectivity index (χ0v) is 15.8. The van der Waals surface area contributed by atoms with Gasteiger partial charge in [-0.2, -0.15) is 0 Å². The molecule has 0 aromatic heterocycles. The van der Waals surface area contributed by atoms with Crippen molar-refractivity contribution in [3.63, 3.8) is 0 Å². The third kappa shape index (κ3) is 7.08. The number of hydrogen-bond acceptors (Lipinski definition) is 3. The van der Waals surface area contributed by atoms with E-state index in [0.29, 0.717) is 5.75 Å². The normalized spacial score (nSPS) is 11.4. The van der Waals surface area contributed by atoms with Crippen LogP contribution < -0.4 is 10.6 Å². The van der Waals surface area contributed by atoms with Crippen molar-refractivity contribution in [2.75, 3.05) is 12.3 Å². The fraction of sp³-hybridized carbons (Fsp3) is 0.556. The fourth-order valence-corrected chi connectivity index (χ4v) is 2.86. The number of carbonyl (C=O) groups excluding carboxylic acids is 2. The quantitative estimate of drug-likeness (QED) is 0.785. The van der Waals surface area contributed by atoms with E-state index in [4.69, 9.17) is 0 Å². The van der Waals surface area contributed by atoms with Crippen LogP contribution in [0.5, 0.6) is 0 Å². The number of thioether (sulfide) groups is 1. The van der Waals surface area contributed by atoms with Gasteiger partial charge in [0.2, 0.25) is 11.8 Å². The van der Waals surface area contributed by atoms with Gasteiger partial charge in [-0.1, -0.05) is 32.9 Å². The molecule has 0 bridgehead atoms. The molecule has 2 N–H and O–H groups in total. The molecule has 0 radical (unpaired) electrons. The molecule has 128 valence electrons. The van der Waals surface area contributed by atoms with Gasteiger partial charge in [-0.15, -0.1) is 11.8 Å². The van der Waals surface area contributed by atoms with Crippen molar-refractivity contribution in [1.82, 2.24) is 10.6 Å². The smallest absolute Gasteiger partial charge is 0.239 e. The van der Waals surface area contributed by atoms with Gasteiger partial charge in [-0.25, -0.2) is 0 Å². The van der Waals surface area contributed by atoms with Crippen LogP contribution in [0.25, 0.3) is 0 Å². The second kappa shape index (κ2) is 8.39. The van der Waals surface area contributed by atoms with Crippen LogP contribution in [-0.4, -0.2) is 30.2 Å². The Morgan fingerprint density at radius 3 is 2.39 bits per heavy atom. The van der Waals surface area contributed by atoms with Crippen molar-refractivity contribution in [3.8, 4) is 0 Å². The molecule has 1 rings (SSSR count). The van der Waals surface area contributed by atoms with E-state index < -0.39 is 0 Å². The Bertz CT molecular complexity index is 563. The SMILES string of the molecule is Cc1ccc(C(C)(C)C)cc1SCC(=O)NCC(=O)NC(C)C. The van der Waals surface area contributed by atoms with Crippen LogP contribution in [0.1, 0.15) is 45.7 Å². The highest BCUT2D eigenvalue weighted by Crippen LogP contribution is 2.29. The predicted molar refractivity (Wildman–Crippen MR) is 96.9 cm³/mol. The topological polar surface area (TPSA) is 58.2 Å². The molecule has 4 nitrogen and oxygen atoms in total. The van der Waals surface area contributed by atoms with Crippen LogP contribution in [0.4, 0.5) is 0 Å². The van der Waals surface area contributed by atoms with E-state index >= 15 is 0 Å². The Hall–Kier alpha value is -1.49. The number of nitrogens with one attached hydrogen (secondary N) is 2. The van der Waals surface area contributed by atoms with Crippen molar-refractivity contribution >= 4 is 23.6 Å². The van der Waals surface area contributed by atoms with E-state index in [1.165, 1.54) is 17.3 Å². The molecule has 1 aromatic carbocycles. The Kier molecular flexibility index (Phi) is 7.13. The van der Waals surface area contributed by atoms with E-state index in [0.717, 1.165) is 10.5 Å². The van der Waals surface area contributed by atoms with Crippen molar-refractivity contribution in [2.24, 2.45) is 0 Å². The highest BCUT2D eigenvalue weighted by atomic mass is 32.2. The summed E-state index contributed by atoms with van der Waals surface area (Å²) in [6.45, 7) is 12.4. The lowest BCUT2D eigenvalue weighted by Gasteiger charge is -2.20. The molecule has 2 amide bonds. The second-order valence-corrected chi connectivity index (χ2v) is 8.04. The molecule has 0 saturated heterocycles. The van der Waals surface area contributed by atoms with E-state index in [1.54, 1.807) is 0 Å². The highest BCUT2D eigenvalue weighted by Gasteiger charge is 2.15. The van der Waals surface area contributed by atoms with Crippen molar-refractivity contribution in [1.29, 1.82) is 0 Å². The highest BCUT2D eigenvalue weighted by molar-refractivity contribution is 8.00. The Morgan fingerprint density at radius 2 is 1.83 bits per heavy atom. The van der Waals surface area contributed by atoms with E-state index in [1.807, 2.05) is 20.8 Å². The minimum Gasteiger partial charge on any atom is -0.352 e. The molecule has 23 heavy (non-hydrogen) atoms. The van der Waals surface area contributed by atoms with Gasteiger partial charge in [0.25, 0.3) is 0 Å². The van der Waals surface area contributed by atoms with Gasteiger partial charge >= 0.3 is 0 Å². The van der Waals surface area contributed by atoms with Gasteiger partial charge in [0.15, 0.2) is 0 Å². The lowest BCUT2D eigenvalue weighted by molar-refractivity contribution is -0.125. The largest absolute Gasteiger partial charge is 0.352 e. The van der Waals surface area contributed by atoms with Gasteiger partial charge in [0.05, 0.1) is 12.3 Å². The first-order chi connectivity index (χ1) is 10.6. The third-order valence-electron chi connectivity index (χ3n) is 3.31. The molecule has 0 fully saturated rings. The standard InChI is InChI=1S/C18H28N2O2S/c1-12(2)20-16(21)10-19-17(22)11-23-15-9-14(18(4,5)6)8-7-13(15)3/h7-9,12H,10-11H2,1-6H3,(H,19,22)(H,20,21). The number of hydrogen-bond donors (Lipinski definition) is 2. The van der Waals surface area contributed by atoms with Crippen molar-refractivity contribution in [3.05, 3.63) is 29.3 Å². The Morgan fingerprint density at radius 1 is 1.17 bits per heavy atom. The van der Waals surface area contributed by atoms with E-state index in [9.17, 15) is 9.59 Å². The molecule has 0 heterocycles. The summed E-state index contributed by atoms with van der Waals surface area (Å²) in [4.78, 5) is 24.5. The van der Waals surface area contributed by atoms with Crippen LogP contribution in [0.15, 0.2) is 23.1 Å². The van der Waals surface area contributed by atoms with Crippen LogP contribution >= 0.6 is 11.8 Å². The summed E-state index contributed by atoms with van der Waals surface area (Å²) < 4.78 is 0. The summed E-state index contributed by atoms with van der Waals surface area (Å²) in [5.74, 6) is 0.0161. The number of carbonyl (C=O) groups is 2. The molecular weight excluding hydrogens is 308 g/mol. The molecule has 0 aliphatic rings. The molecule has 0 saturated carbocycles. The molecule has 0 atom stereocenters. The van der Waals surface area contributed by atoms with Gasteiger partial charge in [0, 0.05) is 10.9 Å². The lowest BCUT2D eigenvalue weighted by atomic mass is 9.87. The Labute approximate surface area is 143 Å². The van der Waals surface area contributed by atoms with E-state index in [2.05, 4.69) is 49.6 Å². The number of rotatable bonds is 6. The zero-order valence-electron chi connectivity index (χ0n) is 14.9. The lowest BCUT2D eigenvalue weighted by Crippen LogP contribution is -2.40. The maximum atomic E-state index is 11.9. The summed E-state index contributed by atoms with van der Waals surface area (Å²) in [7, 11) is 0. The summed E-state index contributed by atoms with van der Waals surface area (Å²) >= 11 is 1.51. The second-order valence-electron chi connectivity index (χ2n) is 7.02. The van der Waals surface area contributed by atoms with Crippen molar-refractivity contribution < 1.29 is 9.59 Å². The molecule has 0 aliphatic carbocycles. The molecule has 1 aromatic rings. The van der Waals surface area contributed by atoms with Gasteiger partial charge in [-0.05, 0) is 43.4 Å². The average molecular weight is 337 g/mol. The summed E-state index contributed by atoms with van der Waals surface area (Å²) in [5.41, 5.74) is 2.50. The Balaban J connectivity index is 2.54. The first-order valence-electron chi connectivity index (χ1n) is 7.89. The minimum atomic E-state index is -0.163. The van der Waals surface area contributed by atoms with Crippen LogP contribution in [-0.2, 0) is 15.0 Å². The number of amides is 2. The predicted octanol–water partition coefficient (Wildman–Crippen LogP) is 3.03. The molecule has 0 aliphatic heterocycles. The first-order valence-corrected chi connectivity index (χ1v) is 8.88. The third-order valence-corrected chi connectivity index (χ3v) is 4.47. The van der Waals surface area contributed by atoms with Crippen LogP contribution in [0.2, 0.25) is 0 Å². The maximum absolute atomic E-state index is 11.9. The van der Waals surface area contributed by atoms with E-state index in [-0.39, 0.29) is 29.8 Å². The zero-order chi connectivity index (χ0) is 17.6. The first kappa shape index (κ1) is 19.6. The summed E-state index contributed by atoms with van der Waals surface area (Å²) in [6.07, 6.45) is 0. The van der Waals surface area contributed by atoms with Gasteiger partial charge in [-0.3, -0.25) is 9.59 Å². The monoisotopic (exact) mass is 336 g/mol. The molecular formula is C18H28N2O2S.